The molecule has 2 nitrogen and oxygen atoms in total. The molecular weight excluding hydrogens is 136 g/mol. The van der Waals surface area contributed by atoms with Crippen LogP contribution in [-0.4, -0.2) is 11.1 Å². The third-order valence-corrected chi connectivity index (χ3v) is 1.37. The molecule has 0 fully saturated rings. The number of hydrogen-bond acceptors (Lipinski definition) is 3. The van der Waals surface area contributed by atoms with Gasteiger partial charge >= 0.3 is 5.30 Å². The molecule has 0 bridgehead atoms. The summed E-state index contributed by atoms with van der Waals surface area (Å²) < 4.78 is 4.40. The minimum atomic E-state index is -0.311. The lowest BCUT2D eigenvalue weighted by atomic mass is 10.6. The second kappa shape index (κ2) is 5.69. The van der Waals surface area contributed by atoms with Crippen molar-refractivity contribution in [1.82, 2.24) is 0 Å². The molecule has 0 aliphatic rings. The van der Waals surface area contributed by atoms with E-state index in [0.29, 0.717) is 5.75 Å². The number of hydrogen-bond donors (Lipinski definition) is 0. The normalized spacial score (nSPS) is 8.56. The summed E-state index contributed by atoms with van der Waals surface area (Å²) >= 11 is 1.11. The zero-order valence-corrected chi connectivity index (χ0v) is 5.95. The van der Waals surface area contributed by atoms with Crippen LogP contribution >= 0.6 is 11.8 Å². The fourth-order valence-corrected chi connectivity index (χ4v) is 0.705. The molecule has 0 aliphatic heterocycles. The van der Waals surface area contributed by atoms with Crippen molar-refractivity contribution < 1.29 is 9.53 Å². The Balaban J connectivity index is 3.16. The van der Waals surface area contributed by atoms with Crippen molar-refractivity contribution in [2.45, 2.75) is 6.42 Å². The first-order valence-corrected chi connectivity index (χ1v) is 3.53. The Labute approximate surface area is 59.3 Å². The van der Waals surface area contributed by atoms with Crippen LogP contribution in [0.3, 0.4) is 0 Å². The molecule has 0 saturated carbocycles. The summed E-state index contributed by atoms with van der Waals surface area (Å²) in [5, 5.41) is -0.311. The van der Waals surface area contributed by atoms with Crippen molar-refractivity contribution in [2.24, 2.45) is 0 Å². The van der Waals surface area contributed by atoms with E-state index in [2.05, 4.69) is 18.2 Å². The molecule has 0 aromatic carbocycles. The molecule has 0 saturated heterocycles. The smallest absolute Gasteiger partial charge is 0.372 e. The highest BCUT2D eigenvalue weighted by atomic mass is 32.2. The fourth-order valence-electron chi connectivity index (χ4n) is 0.258. The molecule has 9 heavy (non-hydrogen) atoms. The Hall–Kier alpha value is -0.440. The van der Waals surface area contributed by atoms with Gasteiger partial charge in [-0.15, -0.1) is 0 Å². The zero-order valence-electron chi connectivity index (χ0n) is 5.13. The van der Waals surface area contributed by atoms with E-state index in [-0.39, 0.29) is 5.30 Å². The largest absolute Gasteiger partial charge is 0.427 e. The maximum absolute atomic E-state index is 10.4. The Morgan fingerprint density at radius 2 is 2.44 bits per heavy atom. The maximum atomic E-state index is 10.4. The molecule has 0 atom stereocenters. The predicted octanol–water partition coefficient (Wildman–Crippen LogP) is 2.22. The molecule has 3 heteroatoms. The van der Waals surface area contributed by atoms with Gasteiger partial charge in [-0.3, -0.25) is 0 Å². The highest BCUT2D eigenvalue weighted by molar-refractivity contribution is 8.13. The van der Waals surface area contributed by atoms with Crippen LogP contribution in [-0.2, 0) is 4.74 Å². The topological polar surface area (TPSA) is 26.3 Å². The summed E-state index contributed by atoms with van der Waals surface area (Å²) in [5.74, 6) is 0.701. The molecule has 0 amide bonds. The molecule has 0 aliphatic carbocycles. The van der Waals surface area contributed by atoms with Gasteiger partial charge < -0.3 is 4.74 Å². The van der Waals surface area contributed by atoms with Gasteiger partial charge in [0.25, 0.3) is 0 Å². The zero-order chi connectivity index (χ0) is 7.11. The molecule has 0 heterocycles. The van der Waals surface area contributed by atoms with Gasteiger partial charge in [0, 0.05) is 5.75 Å². The van der Waals surface area contributed by atoms with E-state index in [9.17, 15) is 4.79 Å². The summed E-state index contributed by atoms with van der Waals surface area (Å²) in [5.41, 5.74) is 0. The average Bonchev–Trinajstić information content (AvgIpc) is 1.85. The van der Waals surface area contributed by atoms with E-state index >= 15 is 0 Å². The standard InChI is InChI=1S/C6H9O2S/c1-3-5-9-6(7)8-4-2/h4H,1-3,5H2. The number of carbonyl (C=O) groups is 1. The van der Waals surface area contributed by atoms with Crippen LogP contribution in [0.4, 0.5) is 4.79 Å². The van der Waals surface area contributed by atoms with Gasteiger partial charge in [0.05, 0.1) is 6.26 Å². The summed E-state index contributed by atoms with van der Waals surface area (Å²) in [7, 11) is 0. The van der Waals surface area contributed by atoms with Crippen molar-refractivity contribution in [3.8, 4) is 0 Å². The van der Waals surface area contributed by atoms with Crippen LogP contribution in [0.5, 0.6) is 0 Å². The van der Waals surface area contributed by atoms with E-state index < -0.39 is 0 Å². The van der Waals surface area contributed by atoms with Gasteiger partial charge in [0.2, 0.25) is 0 Å². The third-order valence-electron chi connectivity index (χ3n) is 0.544. The Kier molecular flexibility index (Phi) is 5.41. The lowest BCUT2D eigenvalue weighted by molar-refractivity contribution is 0.214. The Bertz CT molecular complexity index is 101. The quantitative estimate of drug-likeness (QED) is 0.450. The van der Waals surface area contributed by atoms with Crippen LogP contribution in [0.25, 0.3) is 0 Å². The highest BCUT2D eigenvalue weighted by Gasteiger charge is 1.97. The van der Waals surface area contributed by atoms with E-state index in [4.69, 9.17) is 0 Å². The van der Waals surface area contributed by atoms with Crippen LogP contribution < -0.4 is 0 Å². The van der Waals surface area contributed by atoms with Crippen molar-refractivity contribution in [2.75, 3.05) is 5.75 Å². The molecular formula is C6H9O2S. The van der Waals surface area contributed by atoms with Crippen LogP contribution in [0.15, 0.2) is 12.8 Å². The Morgan fingerprint density at radius 1 is 1.78 bits per heavy atom. The first kappa shape index (κ1) is 8.56. The van der Waals surface area contributed by atoms with Crippen LogP contribution in [0.1, 0.15) is 6.42 Å². The summed E-state index contributed by atoms with van der Waals surface area (Å²) in [6.07, 6.45) is 1.86. The van der Waals surface area contributed by atoms with Gasteiger partial charge in [-0.05, 0) is 18.2 Å². The maximum Gasteiger partial charge on any atom is 0.372 e. The van der Waals surface area contributed by atoms with E-state index in [1.807, 2.05) is 0 Å². The number of thioether (sulfide) groups is 1. The first-order chi connectivity index (χ1) is 4.31. The molecule has 0 aromatic heterocycles. The van der Waals surface area contributed by atoms with Crippen LogP contribution in [0.2, 0.25) is 0 Å². The summed E-state index contributed by atoms with van der Waals surface area (Å²) in [6.45, 7) is 6.80. The average molecular weight is 145 g/mol. The lowest BCUT2D eigenvalue weighted by Gasteiger charge is -1.93. The number of ether oxygens (including phenoxy) is 1. The monoisotopic (exact) mass is 145 g/mol. The Morgan fingerprint density at radius 3 is 2.89 bits per heavy atom. The van der Waals surface area contributed by atoms with Crippen LogP contribution in [0, 0.1) is 6.92 Å². The molecule has 0 N–H and O–H groups in total. The molecule has 0 unspecified atom stereocenters. The van der Waals surface area contributed by atoms with Gasteiger partial charge in [-0.1, -0.05) is 13.5 Å². The summed E-state index contributed by atoms with van der Waals surface area (Å²) in [4.78, 5) is 10.4. The molecule has 51 valence electrons. The van der Waals surface area contributed by atoms with Gasteiger partial charge in [0.1, 0.15) is 0 Å². The minimum Gasteiger partial charge on any atom is -0.427 e. The molecule has 1 radical (unpaired) electrons. The van der Waals surface area contributed by atoms with Crippen molar-refractivity contribution in [3.05, 3.63) is 19.8 Å². The molecule has 0 spiro atoms. The van der Waals surface area contributed by atoms with E-state index in [1.165, 1.54) is 0 Å². The van der Waals surface area contributed by atoms with E-state index in [1.54, 1.807) is 0 Å². The fraction of sp³-hybridized carbons (Fsp3) is 0.333. The summed E-state index contributed by atoms with van der Waals surface area (Å²) in [6, 6.07) is 0. The van der Waals surface area contributed by atoms with Crippen molar-refractivity contribution in [1.29, 1.82) is 0 Å². The SMILES string of the molecule is [CH2]CCSC(=O)OC=C. The molecule has 0 rings (SSSR count). The van der Waals surface area contributed by atoms with Gasteiger partial charge in [-0.25, -0.2) is 4.79 Å². The third kappa shape index (κ3) is 5.43. The molecule has 0 aromatic rings. The van der Waals surface area contributed by atoms with Crippen molar-refractivity contribution >= 4 is 17.1 Å². The van der Waals surface area contributed by atoms with E-state index in [0.717, 1.165) is 24.4 Å². The highest BCUT2D eigenvalue weighted by Crippen LogP contribution is 2.05. The first-order valence-electron chi connectivity index (χ1n) is 2.54. The second-order valence-corrected chi connectivity index (χ2v) is 2.27. The van der Waals surface area contributed by atoms with Crippen molar-refractivity contribution in [3.63, 3.8) is 0 Å². The lowest BCUT2D eigenvalue weighted by Crippen LogP contribution is -1.90. The van der Waals surface area contributed by atoms with Gasteiger partial charge in [-0.2, -0.15) is 0 Å². The minimum absolute atomic E-state index is 0.311. The predicted molar refractivity (Wildman–Crippen MR) is 39.1 cm³/mol. The number of rotatable bonds is 3. The van der Waals surface area contributed by atoms with Gasteiger partial charge in [0.15, 0.2) is 0 Å². The number of carbonyl (C=O) groups excluding carboxylic acids is 1. The second-order valence-electron chi connectivity index (χ2n) is 1.24.